The van der Waals surface area contributed by atoms with Crippen LogP contribution < -0.4 is 0 Å². The van der Waals surface area contributed by atoms with Crippen LogP contribution in [0.15, 0.2) is 27.2 Å². The molecule has 4 heteroatoms. The smallest absolute Gasteiger partial charge is 0.347 e. The molecule has 0 amide bonds. The minimum atomic E-state index is -0.560. The van der Waals surface area contributed by atoms with Crippen LogP contribution in [-0.2, 0) is 14.3 Å². The van der Waals surface area contributed by atoms with Gasteiger partial charge in [0.15, 0.2) is 0 Å². The van der Waals surface area contributed by atoms with Crippen LogP contribution in [0.1, 0.15) is 51.2 Å². The number of carbonyl (C=O) groups is 2. The van der Waals surface area contributed by atoms with Crippen LogP contribution in [0.4, 0.5) is 0 Å². The van der Waals surface area contributed by atoms with E-state index in [-0.39, 0.29) is 5.92 Å². The number of aryl methyl sites for hydroxylation is 2. The van der Waals surface area contributed by atoms with Crippen molar-refractivity contribution in [3.63, 3.8) is 0 Å². The zero-order valence-corrected chi connectivity index (χ0v) is 14.0. The Bertz CT molecular complexity index is 699. The summed E-state index contributed by atoms with van der Waals surface area (Å²) in [4.78, 5) is 24.4. The zero-order valence-electron chi connectivity index (χ0n) is 14.0. The lowest BCUT2D eigenvalue weighted by molar-refractivity contribution is -0.149. The van der Waals surface area contributed by atoms with E-state index < -0.39 is 11.9 Å². The highest BCUT2D eigenvalue weighted by molar-refractivity contribution is 6.22. The van der Waals surface area contributed by atoms with Crippen molar-refractivity contribution in [3.05, 3.63) is 39.9 Å². The second kappa shape index (κ2) is 5.95. The Morgan fingerprint density at radius 3 is 2.18 bits per heavy atom. The number of rotatable bonds is 3. The minimum Gasteiger partial charge on any atom is -0.466 e. The van der Waals surface area contributed by atoms with E-state index in [1.54, 1.807) is 0 Å². The van der Waals surface area contributed by atoms with Gasteiger partial charge in [0.2, 0.25) is 0 Å². The average Bonchev–Trinajstić information content (AvgIpc) is 2.89. The number of carbonyl (C=O) groups excluding carboxylic acids is 2. The van der Waals surface area contributed by atoms with E-state index >= 15 is 0 Å². The largest absolute Gasteiger partial charge is 0.466 e. The molecular weight excluding hydrogens is 280 g/mol. The number of esters is 2. The summed E-state index contributed by atoms with van der Waals surface area (Å²) >= 11 is 0. The summed E-state index contributed by atoms with van der Waals surface area (Å²) in [6.45, 7) is 11.5. The summed E-state index contributed by atoms with van der Waals surface area (Å²) in [5.41, 5.74) is 3.35. The molecule has 1 saturated heterocycles. The number of cyclic esters (lactones) is 2. The topological polar surface area (TPSA) is 56.5 Å². The number of furan rings is 1. The lowest BCUT2D eigenvalue weighted by Crippen LogP contribution is -2.06. The summed E-state index contributed by atoms with van der Waals surface area (Å²) in [7, 11) is 0. The van der Waals surface area contributed by atoms with Crippen LogP contribution in [0.3, 0.4) is 0 Å². The third kappa shape index (κ3) is 2.65. The van der Waals surface area contributed by atoms with Gasteiger partial charge in [0, 0.05) is 5.56 Å². The molecule has 0 bridgehead atoms. The van der Waals surface area contributed by atoms with Crippen molar-refractivity contribution in [1.29, 1.82) is 0 Å². The first kappa shape index (κ1) is 16.3. The van der Waals surface area contributed by atoms with Crippen molar-refractivity contribution in [3.8, 4) is 0 Å². The van der Waals surface area contributed by atoms with Gasteiger partial charge in [-0.2, -0.15) is 0 Å². The molecule has 1 aromatic heterocycles. The summed E-state index contributed by atoms with van der Waals surface area (Å²) < 4.78 is 10.5. The molecule has 1 aromatic rings. The maximum atomic E-state index is 12.3. The molecule has 0 spiro atoms. The van der Waals surface area contributed by atoms with Crippen LogP contribution >= 0.6 is 0 Å². The van der Waals surface area contributed by atoms with Crippen LogP contribution in [0.5, 0.6) is 0 Å². The molecule has 0 radical (unpaired) electrons. The molecule has 1 aliphatic rings. The first-order valence-electron chi connectivity index (χ1n) is 7.56. The maximum Gasteiger partial charge on any atom is 0.347 e. The van der Waals surface area contributed by atoms with Gasteiger partial charge in [-0.3, -0.25) is 0 Å². The summed E-state index contributed by atoms with van der Waals surface area (Å²) in [5, 5.41) is 0. The molecule has 1 aliphatic heterocycles. The SMILES string of the molecule is CC/C(C)=C1\C(=O)OC(=O)\C1=C(\c1cc(C)oc1C)C(C)C. The van der Waals surface area contributed by atoms with E-state index in [1.807, 2.05) is 47.6 Å². The van der Waals surface area contributed by atoms with Gasteiger partial charge >= 0.3 is 11.9 Å². The Hall–Kier alpha value is -2.10. The number of hydrogen-bond acceptors (Lipinski definition) is 4. The lowest BCUT2D eigenvalue weighted by atomic mass is 9.86. The number of ether oxygens (including phenoxy) is 1. The molecule has 0 aromatic carbocycles. The van der Waals surface area contributed by atoms with Gasteiger partial charge in [0.25, 0.3) is 0 Å². The normalized spacial score (nSPS) is 19.8. The molecule has 22 heavy (non-hydrogen) atoms. The molecular formula is C18H22O4. The van der Waals surface area contributed by atoms with E-state index in [4.69, 9.17) is 9.15 Å². The van der Waals surface area contributed by atoms with Gasteiger partial charge < -0.3 is 9.15 Å². The van der Waals surface area contributed by atoms with Crippen molar-refractivity contribution < 1.29 is 18.7 Å². The Labute approximate surface area is 130 Å². The fraction of sp³-hybridized carbons (Fsp3) is 0.444. The maximum absolute atomic E-state index is 12.3. The highest BCUT2D eigenvalue weighted by atomic mass is 16.6. The molecule has 0 N–H and O–H groups in total. The summed E-state index contributed by atoms with van der Waals surface area (Å²) in [6, 6.07) is 1.91. The van der Waals surface area contributed by atoms with Crippen LogP contribution in [0.2, 0.25) is 0 Å². The monoisotopic (exact) mass is 302 g/mol. The van der Waals surface area contributed by atoms with E-state index in [1.165, 1.54) is 0 Å². The Morgan fingerprint density at radius 2 is 1.73 bits per heavy atom. The molecule has 0 unspecified atom stereocenters. The Balaban J connectivity index is 2.82. The summed E-state index contributed by atoms with van der Waals surface area (Å²) in [5.74, 6) is 0.477. The van der Waals surface area contributed by atoms with Crippen LogP contribution in [0.25, 0.3) is 5.57 Å². The lowest BCUT2D eigenvalue weighted by Gasteiger charge is -2.14. The van der Waals surface area contributed by atoms with E-state index in [0.717, 1.165) is 28.2 Å². The predicted octanol–water partition coefficient (Wildman–Crippen LogP) is 4.12. The first-order valence-corrected chi connectivity index (χ1v) is 7.56. The highest BCUT2D eigenvalue weighted by Crippen LogP contribution is 2.38. The van der Waals surface area contributed by atoms with E-state index in [9.17, 15) is 9.59 Å². The molecule has 1 fully saturated rings. The predicted molar refractivity (Wildman–Crippen MR) is 84.0 cm³/mol. The van der Waals surface area contributed by atoms with Crippen molar-refractivity contribution >= 4 is 17.5 Å². The van der Waals surface area contributed by atoms with Crippen molar-refractivity contribution in [2.24, 2.45) is 5.92 Å². The van der Waals surface area contributed by atoms with Crippen molar-refractivity contribution in [1.82, 2.24) is 0 Å². The van der Waals surface area contributed by atoms with Gasteiger partial charge in [-0.05, 0) is 44.7 Å². The van der Waals surface area contributed by atoms with Crippen LogP contribution in [0, 0.1) is 19.8 Å². The van der Waals surface area contributed by atoms with Crippen LogP contribution in [-0.4, -0.2) is 11.9 Å². The Kier molecular flexibility index (Phi) is 4.40. The summed E-state index contributed by atoms with van der Waals surface area (Å²) in [6.07, 6.45) is 0.690. The number of allylic oxidation sites excluding steroid dienone is 2. The quantitative estimate of drug-likeness (QED) is 0.479. The fourth-order valence-electron chi connectivity index (χ4n) is 2.83. The van der Waals surface area contributed by atoms with Gasteiger partial charge in [0.05, 0.1) is 11.1 Å². The van der Waals surface area contributed by atoms with Gasteiger partial charge in [-0.15, -0.1) is 0 Å². The third-order valence-corrected chi connectivity index (χ3v) is 3.98. The van der Waals surface area contributed by atoms with Crippen molar-refractivity contribution in [2.75, 3.05) is 0 Å². The third-order valence-electron chi connectivity index (χ3n) is 3.98. The Morgan fingerprint density at radius 1 is 1.14 bits per heavy atom. The molecule has 118 valence electrons. The molecule has 0 saturated carbocycles. The molecule has 2 heterocycles. The number of hydrogen-bond donors (Lipinski definition) is 0. The second-order valence-corrected chi connectivity index (χ2v) is 5.96. The first-order chi connectivity index (χ1) is 10.3. The minimum absolute atomic E-state index is 0.0591. The van der Waals surface area contributed by atoms with Crippen molar-refractivity contribution in [2.45, 2.75) is 48.0 Å². The molecule has 0 aliphatic carbocycles. The zero-order chi connectivity index (χ0) is 16.6. The van der Waals surface area contributed by atoms with Gasteiger partial charge in [-0.25, -0.2) is 9.59 Å². The molecule has 2 rings (SSSR count). The molecule has 0 atom stereocenters. The average molecular weight is 302 g/mol. The molecule has 4 nitrogen and oxygen atoms in total. The standard InChI is InChI=1S/C18H22O4/c1-7-10(4)15-16(18(20)22-17(15)19)14(9(2)3)13-8-11(5)21-12(13)6/h8-9H,7H2,1-6H3/b15-10-,16-14+. The highest BCUT2D eigenvalue weighted by Gasteiger charge is 2.38. The van der Waals surface area contributed by atoms with Gasteiger partial charge in [-0.1, -0.05) is 26.3 Å². The fourth-order valence-corrected chi connectivity index (χ4v) is 2.83. The van der Waals surface area contributed by atoms with E-state index in [2.05, 4.69) is 0 Å². The van der Waals surface area contributed by atoms with Gasteiger partial charge in [0.1, 0.15) is 11.5 Å². The second-order valence-electron chi connectivity index (χ2n) is 5.96. The van der Waals surface area contributed by atoms with E-state index in [0.29, 0.717) is 17.6 Å².